The topological polar surface area (TPSA) is 86.8 Å². The second-order valence-electron chi connectivity index (χ2n) is 9.40. The van der Waals surface area contributed by atoms with Crippen LogP contribution in [0.1, 0.15) is 31.4 Å². The highest BCUT2D eigenvalue weighted by atomic mass is 35.5. The Balaban J connectivity index is 2.07. The number of nitrogens with one attached hydrogen (secondary N) is 1. The molecule has 3 rings (SSSR count). The molecule has 10 heteroatoms. The summed E-state index contributed by atoms with van der Waals surface area (Å²) in [6, 6.07) is 20.3. The van der Waals surface area contributed by atoms with Crippen molar-refractivity contribution in [2.24, 2.45) is 0 Å². The van der Waals surface area contributed by atoms with E-state index < -0.39 is 34.3 Å². The quantitative estimate of drug-likeness (QED) is 0.337. The third-order valence-electron chi connectivity index (χ3n) is 6.31. The maximum Gasteiger partial charge on any atom is 0.244 e. The molecule has 0 spiro atoms. The molecule has 0 aromatic heterocycles. The van der Waals surface area contributed by atoms with Gasteiger partial charge in [0.15, 0.2) is 0 Å². The number of sulfonamides is 1. The van der Waals surface area contributed by atoms with E-state index in [-0.39, 0.29) is 30.6 Å². The first-order valence-corrected chi connectivity index (χ1v) is 14.8. The molecule has 1 N–H and O–H groups in total. The predicted molar refractivity (Wildman–Crippen MR) is 152 cm³/mol. The van der Waals surface area contributed by atoms with E-state index in [9.17, 15) is 22.4 Å². The van der Waals surface area contributed by atoms with E-state index >= 15 is 0 Å². The van der Waals surface area contributed by atoms with E-state index in [0.29, 0.717) is 17.0 Å². The second kappa shape index (κ2) is 13.6. The summed E-state index contributed by atoms with van der Waals surface area (Å²) in [5, 5.41) is 3.41. The van der Waals surface area contributed by atoms with Gasteiger partial charge in [0, 0.05) is 24.0 Å². The molecule has 0 saturated heterocycles. The molecule has 0 bridgehead atoms. The number of hydrogen-bond acceptors (Lipinski definition) is 4. The van der Waals surface area contributed by atoms with Crippen LogP contribution in [0.15, 0.2) is 78.9 Å². The molecule has 3 aromatic rings. The van der Waals surface area contributed by atoms with Crippen molar-refractivity contribution < 1.29 is 22.4 Å². The van der Waals surface area contributed by atoms with Gasteiger partial charge in [0.05, 0.1) is 11.9 Å². The van der Waals surface area contributed by atoms with Crippen LogP contribution in [0.5, 0.6) is 0 Å². The Morgan fingerprint density at radius 2 is 1.62 bits per heavy atom. The molecule has 0 radical (unpaired) electrons. The first kappa shape index (κ1) is 30.1. The average molecular weight is 574 g/mol. The monoisotopic (exact) mass is 573 g/mol. The molecule has 0 aliphatic carbocycles. The highest BCUT2D eigenvalue weighted by Gasteiger charge is 2.34. The van der Waals surface area contributed by atoms with Crippen molar-refractivity contribution >= 4 is 39.1 Å². The molecule has 208 valence electrons. The molecule has 0 unspecified atom stereocenters. The molecule has 7 nitrogen and oxygen atoms in total. The van der Waals surface area contributed by atoms with E-state index in [1.54, 1.807) is 24.3 Å². The van der Waals surface area contributed by atoms with E-state index in [2.05, 4.69) is 5.32 Å². The first-order chi connectivity index (χ1) is 18.5. The van der Waals surface area contributed by atoms with Gasteiger partial charge in [-0.1, -0.05) is 73.1 Å². The molecule has 0 saturated carbocycles. The van der Waals surface area contributed by atoms with Crippen LogP contribution in [0.3, 0.4) is 0 Å². The number of rotatable bonds is 12. The summed E-state index contributed by atoms with van der Waals surface area (Å²) in [5.41, 5.74) is 1.22. The molecule has 0 aliphatic heterocycles. The summed E-state index contributed by atoms with van der Waals surface area (Å²) in [5.74, 6) is -1.82. The average Bonchev–Trinajstić information content (AvgIpc) is 2.89. The van der Waals surface area contributed by atoms with Gasteiger partial charge in [-0.15, -0.1) is 0 Å². The maximum absolute atomic E-state index is 14.7. The number of hydrogen-bond donors (Lipinski definition) is 1. The number of carbonyl (C=O) groups is 2. The summed E-state index contributed by atoms with van der Waals surface area (Å²) in [6.07, 6.45) is 1.78. The van der Waals surface area contributed by atoms with Crippen LogP contribution in [0.2, 0.25) is 5.02 Å². The number of carbonyl (C=O) groups excluding carboxylic acids is 2. The Kier molecular flexibility index (Phi) is 10.5. The fourth-order valence-corrected chi connectivity index (χ4v) is 5.14. The predicted octanol–water partition coefficient (Wildman–Crippen LogP) is 4.80. The first-order valence-electron chi connectivity index (χ1n) is 12.6. The van der Waals surface area contributed by atoms with Crippen molar-refractivity contribution in [3.05, 3.63) is 101 Å². The van der Waals surface area contributed by atoms with Gasteiger partial charge in [-0.3, -0.25) is 13.9 Å². The zero-order valence-corrected chi connectivity index (χ0v) is 23.8. The standard InChI is InChI=1S/C29H33ClFN3O4S/c1-4-21(2)32-29(36)27(18-22-11-6-5-7-12-22)33(19-23-13-10-14-24(30)17-23)28(35)20-34(39(3,37)38)26-16-9-8-15-25(26)31/h5-17,21,27H,4,18-20H2,1-3H3,(H,32,36)/t21-,27-/m1/s1. The zero-order valence-electron chi connectivity index (χ0n) is 22.2. The highest BCUT2D eigenvalue weighted by molar-refractivity contribution is 7.92. The number of amides is 2. The van der Waals surface area contributed by atoms with Crippen molar-refractivity contribution in [1.82, 2.24) is 10.2 Å². The van der Waals surface area contributed by atoms with Crippen molar-refractivity contribution in [2.45, 2.75) is 45.3 Å². The number of halogens is 2. The summed E-state index contributed by atoms with van der Waals surface area (Å²) < 4.78 is 40.8. The summed E-state index contributed by atoms with van der Waals surface area (Å²) >= 11 is 6.20. The lowest BCUT2D eigenvalue weighted by Gasteiger charge is -2.34. The molecule has 3 aromatic carbocycles. The Hall–Kier alpha value is -3.43. The van der Waals surface area contributed by atoms with Crippen LogP contribution in [-0.4, -0.2) is 50.0 Å². The Labute approximate surface area is 234 Å². The van der Waals surface area contributed by atoms with Crippen LogP contribution >= 0.6 is 11.6 Å². The van der Waals surface area contributed by atoms with Gasteiger partial charge in [0.25, 0.3) is 0 Å². The summed E-state index contributed by atoms with van der Waals surface area (Å²) in [4.78, 5) is 28.9. The Morgan fingerprint density at radius 3 is 2.23 bits per heavy atom. The van der Waals surface area contributed by atoms with Crippen LogP contribution in [0.4, 0.5) is 10.1 Å². The molecular weight excluding hydrogens is 541 g/mol. The Morgan fingerprint density at radius 1 is 0.974 bits per heavy atom. The lowest BCUT2D eigenvalue weighted by Crippen LogP contribution is -2.54. The van der Waals surface area contributed by atoms with Crippen LogP contribution in [0, 0.1) is 5.82 Å². The van der Waals surface area contributed by atoms with Gasteiger partial charge < -0.3 is 10.2 Å². The molecule has 0 heterocycles. The van der Waals surface area contributed by atoms with E-state index in [4.69, 9.17) is 11.6 Å². The van der Waals surface area contributed by atoms with Gasteiger partial charge in [-0.05, 0) is 48.7 Å². The van der Waals surface area contributed by atoms with Crippen LogP contribution in [-0.2, 0) is 32.6 Å². The number of para-hydroxylation sites is 1. The van der Waals surface area contributed by atoms with E-state index in [1.807, 2.05) is 44.2 Å². The molecular formula is C29H33ClFN3O4S. The third kappa shape index (κ3) is 8.53. The third-order valence-corrected chi connectivity index (χ3v) is 7.68. The largest absolute Gasteiger partial charge is 0.352 e. The lowest BCUT2D eigenvalue weighted by atomic mass is 10.0. The number of benzene rings is 3. The highest BCUT2D eigenvalue weighted by Crippen LogP contribution is 2.23. The van der Waals surface area contributed by atoms with Crippen LogP contribution < -0.4 is 9.62 Å². The SMILES string of the molecule is CC[C@@H](C)NC(=O)[C@@H](Cc1ccccc1)N(Cc1cccc(Cl)c1)C(=O)CN(c1ccccc1F)S(C)(=O)=O. The van der Waals surface area contributed by atoms with Crippen LogP contribution in [0.25, 0.3) is 0 Å². The van der Waals surface area contributed by atoms with Gasteiger partial charge in [-0.25, -0.2) is 12.8 Å². The van der Waals surface area contributed by atoms with E-state index in [1.165, 1.54) is 23.1 Å². The summed E-state index contributed by atoms with van der Waals surface area (Å²) in [6.45, 7) is 3.09. The van der Waals surface area contributed by atoms with E-state index in [0.717, 1.165) is 22.2 Å². The van der Waals surface area contributed by atoms with Crippen molar-refractivity contribution in [2.75, 3.05) is 17.1 Å². The molecule has 2 amide bonds. The minimum atomic E-state index is -4.05. The maximum atomic E-state index is 14.7. The zero-order chi connectivity index (χ0) is 28.6. The van der Waals surface area contributed by atoms with Crippen molar-refractivity contribution in [1.29, 1.82) is 0 Å². The molecule has 0 fully saturated rings. The number of nitrogens with zero attached hydrogens (tertiary/aromatic N) is 2. The van der Waals surface area contributed by atoms with Gasteiger partial charge in [-0.2, -0.15) is 0 Å². The number of anilines is 1. The lowest BCUT2D eigenvalue weighted by molar-refractivity contribution is -0.140. The van der Waals surface area contributed by atoms with Gasteiger partial charge >= 0.3 is 0 Å². The smallest absolute Gasteiger partial charge is 0.244 e. The fraction of sp³-hybridized carbons (Fsp3) is 0.310. The van der Waals surface area contributed by atoms with Gasteiger partial charge in [0.1, 0.15) is 18.4 Å². The second-order valence-corrected chi connectivity index (χ2v) is 11.7. The molecule has 2 atom stereocenters. The summed E-state index contributed by atoms with van der Waals surface area (Å²) in [7, 11) is -4.05. The minimum absolute atomic E-state index is 0.0142. The minimum Gasteiger partial charge on any atom is -0.352 e. The normalized spacial score (nSPS) is 12.8. The molecule has 39 heavy (non-hydrogen) atoms. The molecule has 0 aliphatic rings. The van der Waals surface area contributed by atoms with Crippen molar-refractivity contribution in [3.63, 3.8) is 0 Å². The van der Waals surface area contributed by atoms with Crippen molar-refractivity contribution in [3.8, 4) is 0 Å². The van der Waals surface area contributed by atoms with Gasteiger partial charge in [0.2, 0.25) is 21.8 Å². The Bertz CT molecular complexity index is 1390. The fourth-order valence-electron chi connectivity index (χ4n) is 4.08.